The van der Waals surface area contributed by atoms with Gasteiger partial charge in [-0.2, -0.15) is 0 Å². The highest BCUT2D eigenvalue weighted by molar-refractivity contribution is 5.84. The first kappa shape index (κ1) is 23.4. The maximum atomic E-state index is 12.8. The summed E-state index contributed by atoms with van der Waals surface area (Å²) in [6.07, 6.45) is 3.25. The van der Waals surface area contributed by atoms with Gasteiger partial charge in [0.05, 0.1) is 11.5 Å². The van der Waals surface area contributed by atoms with E-state index in [-0.39, 0.29) is 30.3 Å². The number of carboxylic acid groups (broad SMARTS) is 1. The fraction of sp³-hybridized carbons (Fsp3) is 0.464. The van der Waals surface area contributed by atoms with E-state index in [1.807, 2.05) is 31.2 Å². The zero-order valence-corrected chi connectivity index (χ0v) is 20.0. The van der Waals surface area contributed by atoms with Crippen LogP contribution in [0, 0.1) is 17.8 Å². The number of carboxylic acids is 1. The van der Waals surface area contributed by atoms with Gasteiger partial charge in [-0.25, -0.2) is 4.79 Å². The van der Waals surface area contributed by atoms with Gasteiger partial charge in [0.2, 0.25) is 5.91 Å². The number of hydrogen-bond donors (Lipinski definition) is 3. The third-order valence-electron chi connectivity index (χ3n) is 8.03. The molecule has 0 aliphatic heterocycles. The molecule has 0 aromatic heterocycles. The van der Waals surface area contributed by atoms with Crippen molar-refractivity contribution in [2.24, 2.45) is 17.8 Å². The second-order valence-corrected chi connectivity index (χ2v) is 10.4. The number of carbonyl (C=O) groups excluding carboxylic acids is 2. The van der Waals surface area contributed by atoms with Gasteiger partial charge in [-0.1, -0.05) is 61.4 Å². The number of ether oxygens (including phenoxy) is 1. The lowest BCUT2D eigenvalue weighted by Crippen LogP contribution is -2.56. The number of hydrogen-bond acceptors (Lipinski definition) is 4. The first-order valence-corrected chi connectivity index (χ1v) is 12.5. The summed E-state index contributed by atoms with van der Waals surface area (Å²) < 4.78 is 5.58. The molecule has 7 nitrogen and oxygen atoms in total. The predicted octanol–water partition coefficient (Wildman–Crippen LogP) is 4.31. The Morgan fingerprint density at radius 2 is 1.69 bits per heavy atom. The number of benzene rings is 2. The summed E-state index contributed by atoms with van der Waals surface area (Å²) in [7, 11) is 0. The van der Waals surface area contributed by atoms with E-state index in [1.54, 1.807) is 0 Å². The molecule has 0 spiro atoms. The van der Waals surface area contributed by atoms with Crippen LogP contribution in [-0.2, 0) is 14.3 Å². The first-order valence-electron chi connectivity index (χ1n) is 12.5. The van der Waals surface area contributed by atoms with E-state index in [2.05, 4.69) is 34.9 Å². The molecule has 2 aromatic rings. The molecule has 0 bridgehead atoms. The molecular formula is C28H32N2O5. The van der Waals surface area contributed by atoms with Crippen molar-refractivity contribution in [3.8, 4) is 11.1 Å². The van der Waals surface area contributed by atoms with Crippen LogP contribution in [0.1, 0.15) is 56.1 Å². The third-order valence-corrected chi connectivity index (χ3v) is 8.03. The molecule has 3 aliphatic carbocycles. The van der Waals surface area contributed by atoms with Crippen LogP contribution in [0.15, 0.2) is 48.5 Å². The summed E-state index contributed by atoms with van der Waals surface area (Å²) in [6, 6.07) is 16.4. The molecule has 2 fully saturated rings. The number of rotatable bonds is 7. The van der Waals surface area contributed by atoms with Crippen molar-refractivity contribution in [2.75, 3.05) is 13.2 Å². The van der Waals surface area contributed by atoms with Gasteiger partial charge in [0.25, 0.3) is 0 Å². The van der Waals surface area contributed by atoms with Gasteiger partial charge in [0.1, 0.15) is 6.61 Å². The van der Waals surface area contributed by atoms with Crippen molar-refractivity contribution in [2.45, 2.75) is 50.5 Å². The molecule has 5 rings (SSSR count). The molecule has 2 aromatic carbocycles. The summed E-state index contributed by atoms with van der Waals surface area (Å²) in [4.78, 5) is 36.9. The lowest BCUT2D eigenvalue weighted by atomic mass is 9.74. The van der Waals surface area contributed by atoms with Gasteiger partial charge in [-0.05, 0) is 54.4 Å². The number of aliphatic carboxylic acids is 1. The van der Waals surface area contributed by atoms with E-state index in [0.29, 0.717) is 25.8 Å². The van der Waals surface area contributed by atoms with Gasteiger partial charge in [-0.3, -0.25) is 9.59 Å². The van der Waals surface area contributed by atoms with E-state index >= 15 is 0 Å². The summed E-state index contributed by atoms with van der Waals surface area (Å²) in [5.41, 5.74) is 3.98. The number of carbonyl (C=O) groups is 3. The fourth-order valence-corrected chi connectivity index (χ4v) is 5.91. The molecule has 2 saturated carbocycles. The van der Waals surface area contributed by atoms with E-state index < -0.39 is 23.5 Å². The lowest BCUT2D eigenvalue weighted by Gasteiger charge is -2.40. The Kier molecular flexibility index (Phi) is 6.26. The average Bonchev–Trinajstić information content (AvgIpc) is 3.56. The van der Waals surface area contributed by atoms with Crippen molar-refractivity contribution < 1.29 is 24.2 Å². The molecule has 4 unspecified atom stereocenters. The van der Waals surface area contributed by atoms with Gasteiger partial charge in [-0.15, -0.1) is 0 Å². The van der Waals surface area contributed by atoms with Crippen molar-refractivity contribution in [1.82, 2.24) is 10.6 Å². The van der Waals surface area contributed by atoms with Crippen LogP contribution in [0.2, 0.25) is 0 Å². The molecule has 7 heteroatoms. The Morgan fingerprint density at radius 3 is 2.34 bits per heavy atom. The summed E-state index contributed by atoms with van der Waals surface area (Å²) >= 11 is 0. The molecule has 0 saturated heterocycles. The van der Waals surface area contributed by atoms with Gasteiger partial charge < -0.3 is 20.5 Å². The molecule has 3 aliphatic rings. The topological polar surface area (TPSA) is 105 Å². The second kappa shape index (κ2) is 9.36. The van der Waals surface area contributed by atoms with Crippen LogP contribution in [0.5, 0.6) is 0 Å². The molecule has 2 amide bonds. The minimum Gasteiger partial charge on any atom is -0.481 e. The predicted molar refractivity (Wildman–Crippen MR) is 131 cm³/mol. The van der Waals surface area contributed by atoms with Crippen molar-refractivity contribution in [1.29, 1.82) is 0 Å². The molecule has 35 heavy (non-hydrogen) atoms. The van der Waals surface area contributed by atoms with Crippen LogP contribution >= 0.6 is 0 Å². The Hall–Kier alpha value is -3.35. The quantitative estimate of drug-likeness (QED) is 0.552. The molecule has 4 atom stereocenters. The molecule has 0 heterocycles. The van der Waals surface area contributed by atoms with Crippen LogP contribution in [0.25, 0.3) is 11.1 Å². The van der Waals surface area contributed by atoms with Crippen molar-refractivity contribution in [3.63, 3.8) is 0 Å². The Labute approximate surface area is 205 Å². The molecule has 0 radical (unpaired) electrons. The molecule has 3 N–H and O–H groups in total. The summed E-state index contributed by atoms with van der Waals surface area (Å²) in [5, 5.41) is 15.4. The number of amides is 2. The Morgan fingerprint density at radius 1 is 1.03 bits per heavy atom. The minimum absolute atomic E-state index is 0.00557. The fourth-order valence-electron chi connectivity index (χ4n) is 5.91. The van der Waals surface area contributed by atoms with E-state index in [9.17, 15) is 19.5 Å². The lowest BCUT2D eigenvalue weighted by molar-refractivity contribution is -0.146. The van der Waals surface area contributed by atoms with Crippen LogP contribution in [-0.4, -0.2) is 41.8 Å². The Balaban J connectivity index is 1.10. The normalized spacial score (nSPS) is 26.8. The minimum atomic E-state index is -0.850. The zero-order valence-electron chi connectivity index (χ0n) is 20.0. The van der Waals surface area contributed by atoms with Gasteiger partial charge >= 0.3 is 12.1 Å². The maximum Gasteiger partial charge on any atom is 0.407 e. The molecular weight excluding hydrogens is 444 g/mol. The highest BCUT2D eigenvalue weighted by Crippen LogP contribution is 2.44. The maximum absolute atomic E-state index is 12.8. The number of alkyl carbamates (subject to hydrolysis) is 1. The highest BCUT2D eigenvalue weighted by atomic mass is 16.5. The van der Waals surface area contributed by atoms with Crippen LogP contribution in [0.4, 0.5) is 4.79 Å². The van der Waals surface area contributed by atoms with E-state index in [0.717, 1.165) is 24.0 Å². The average molecular weight is 477 g/mol. The highest BCUT2D eigenvalue weighted by Gasteiger charge is 2.48. The Bertz CT molecular complexity index is 1100. The smallest absolute Gasteiger partial charge is 0.407 e. The molecule has 184 valence electrons. The van der Waals surface area contributed by atoms with Crippen molar-refractivity contribution in [3.05, 3.63) is 59.7 Å². The monoisotopic (exact) mass is 476 g/mol. The van der Waals surface area contributed by atoms with E-state index in [4.69, 9.17) is 4.74 Å². The second-order valence-electron chi connectivity index (χ2n) is 10.4. The van der Waals surface area contributed by atoms with Crippen molar-refractivity contribution >= 4 is 18.0 Å². The first-order chi connectivity index (χ1) is 16.9. The number of fused-ring (bicyclic) bond motifs is 3. The number of nitrogens with one attached hydrogen (secondary N) is 2. The zero-order chi connectivity index (χ0) is 24.6. The van der Waals surface area contributed by atoms with Crippen LogP contribution in [0.3, 0.4) is 0 Å². The SMILES string of the molecule is CC1(NC(=O)C2CC2CNC(=O)OCC2c3ccccc3-c3ccccc32)CCCCC1C(=O)O. The van der Waals surface area contributed by atoms with Gasteiger partial charge in [0, 0.05) is 18.4 Å². The summed E-state index contributed by atoms with van der Waals surface area (Å²) in [6.45, 7) is 2.46. The largest absolute Gasteiger partial charge is 0.481 e. The standard InChI is InChI=1S/C28H32N2O5/c1-28(13-7-6-12-24(28)26(32)33)30-25(31)22-14-17(22)15-29-27(34)35-16-23-20-10-4-2-8-18(20)19-9-3-5-11-21(19)23/h2-5,8-11,17,22-24H,6-7,12-16H2,1H3,(H,29,34)(H,30,31)(H,32,33). The summed E-state index contributed by atoms with van der Waals surface area (Å²) in [5.74, 6) is -1.66. The third kappa shape index (κ3) is 4.64. The van der Waals surface area contributed by atoms with Crippen LogP contribution < -0.4 is 10.6 Å². The van der Waals surface area contributed by atoms with Gasteiger partial charge in [0.15, 0.2) is 0 Å². The van der Waals surface area contributed by atoms with E-state index in [1.165, 1.54) is 11.1 Å².